The Hall–Kier alpha value is -2.17. The van der Waals surface area contributed by atoms with Gasteiger partial charge in [-0.15, -0.1) is 11.3 Å². The number of hydrogen-bond acceptors (Lipinski definition) is 6. The summed E-state index contributed by atoms with van der Waals surface area (Å²) in [6, 6.07) is 7.72. The van der Waals surface area contributed by atoms with Crippen LogP contribution in [0.5, 0.6) is 0 Å². The van der Waals surface area contributed by atoms with Crippen LogP contribution in [0.15, 0.2) is 51.9 Å². The molecule has 1 aliphatic heterocycles. The molecule has 0 atom stereocenters. The van der Waals surface area contributed by atoms with Gasteiger partial charge in [-0.2, -0.15) is 0 Å². The van der Waals surface area contributed by atoms with E-state index in [0.29, 0.717) is 18.5 Å². The predicted octanol–water partition coefficient (Wildman–Crippen LogP) is 1.26. The molecule has 0 radical (unpaired) electrons. The summed E-state index contributed by atoms with van der Waals surface area (Å²) in [7, 11) is -1.82. The zero-order valence-electron chi connectivity index (χ0n) is 15.8. The van der Waals surface area contributed by atoms with E-state index in [1.807, 2.05) is 0 Å². The van der Waals surface area contributed by atoms with E-state index in [-0.39, 0.29) is 11.4 Å². The molecule has 0 bridgehead atoms. The molecule has 1 aliphatic rings. The topological polar surface area (TPSA) is 98.7 Å². The number of rotatable bonds is 7. The predicted molar refractivity (Wildman–Crippen MR) is 113 cm³/mol. The van der Waals surface area contributed by atoms with Crippen LogP contribution in [0, 0.1) is 0 Å². The smallest absolute Gasteiger partial charge is 0.242 e. The fourth-order valence-corrected chi connectivity index (χ4v) is 4.82. The Morgan fingerprint density at radius 1 is 1.29 bits per heavy atom. The van der Waals surface area contributed by atoms with Crippen LogP contribution in [0.25, 0.3) is 0 Å². The zero-order valence-corrected chi connectivity index (χ0v) is 17.5. The number of nitrogens with one attached hydrogen (secondary N) is 3. The van der Waals surface area contributed by atoms with Crippen molar-refractivity contribution < 1.29 is 8.42 Å². The fraction of sp³-hybridized carbons (Fsp3) is 0.444. The average molecular weight is 423 g/mol. The highest BCUT2D eigenvalue weighted by Gasteiger charge is 2.20. The van der Waals surface area contributed by atoms with Gasteiger partial charge in [-0.1, -0.05) is 0 Å². The van der Waals surface area contributed by atoms with Gasteiger partial charge in [0, 0.05) is 51.7 Å². The molecular weight excluding hydrogens is 396 g/mol. The van der Waals surface area contributed by atoms with Crippen molar-refractivity contribution in [1.29, 1.82) is 0 Å². The number of thiophene rings is 1. The number of hydrogen-bond donors (Lipinski definition) is 3. The molecule has 1 fully saturated rings. The Morgan fingerprint density at radius 2 is 2.11 bits per heavy atom. The van der Waals surface area contributed by atoms with Crippen molar-refractivity contribution in [2.75, 3.05) is 38.1 Å². The summed E-state index contributed by atoms with van der Waals surface area (Å²) in [6.45, 7) is 2.72. The largest absolute Gasteiger partial charge is 0.363 e. The molecule has 8 nitrogen and oxygen atoms in total. The second-order valence-corrected chi connectivity index (χ2v) is 9.14. The lowest BCUT2D eigenvalue weighted by molar-refractivity contribution is 0.463. The van der Waals surface area contributed by atoms with E-state index >= 15 is 0 Å². The second kappa shape index (κ2) is 9.85. The van der Waals surface area contributed by atoms with Crippen LogP contribution in [0.2, 0.25) is 0 Å². The van der Waals surface area contributed by atoms with Crippen molar-refractivity contribution in [3.05, 3.63) is 42.0 Å². The van der Waals surface area contributed by atoms with Gasteiger partial charge in [0.2, 0.25) is 10.0 Å². The van der Waals surface area contributed by atoms with Crippen molar-refractivity contribution in [3.63, 3.8) is 0 Å². The van der Waals surface area contributed by atoms with E-state index in [0.717, 1.165) is 25.9 Å². The van der Waals surface area contributed by atoms with E-state index in [9.17, 15) is 8.42 Å². The van der Waals surface area contributed by atoms with Crippen LogP contribution in [0.1, 0.15) is 12.8 Å². The minimum absolute atomic E-state index is 0.162. The first-order valence-electron chi connectivity index (χ1n) is 9.24. The van der Waals surface area contributed by atoms with Crippen molar-refractivity contribution in [2.24, 2.45) is 4.99 Å². The summed E-state index contributed by atoms with van der Waals surface area (Å²) < 4.78 is 26.9. The average Bonchev–Trinajstić information content (AvgIpc) is 3.26. The van der Waals surface area contributed by atoms with E-state index in [2.05, 4.69) is 47.7 Å². The number of aromatic nitrogens is 1. The van der Waals surface area contributed by atoms with Crippen molar-refractivity contribution >= 4 is 32.3 Å². The summed E-state index contributed by atoms with van der Waals surface area (Å²) in [5.74, 6) is 0.690. The highest BCUT2D eigenvalue weighted by atomic mass is 32.2. The molecule has 3 rings (SSSR count). The third-order valence-electron chi connectivity index (χ3n) is 4.53. The molecule has 0 spiro atoms. The first-order chi connectivity index (χ1) is 13.6. The van der Waals surface area contributed by atoms with Crippen LogP contribution >= 0.6 is 11.3 Å². The number of nitrogens with zero attached hydrogens (tertiary/aromatic N) is 3. The summed E-state index contributed by atoms with van der Waals surface area (Å²) in [5.41, 5.74) is 0. The maximum atomic E-state index is 12.2. The Bertz CT molecular complexity index is 847. The highest BCUT2D eigenvalue weighted by molar-refractivity contribution is 7.89. The standard InChI is InChI=1S/C18H26N6O2S2/c1-19-18(21-9-10-22-28(25,26)16-4-2-8-20-14-16)23-15-6-11-24(12-7-15)17-5-3-13-27-17/h2-5,8,13-15,22H,6-7,9-12H2,1H3,(H2,19,21,23). The molecule has 2 aromatic rings. The van der Waals surface area contributed by atoms with E-state index in [1.165, 1.54) is 17.3 Å². The first-order valence-corrected chi connectivity index (χ1v) is 11.6. The van der Waals surface area contributed by atoms with Gasteiger partial charge in [-0.05, 0) is 42.5 Å². The molecule has 0 aromatic carbocycles. The summed E-state index contributed by atoms with van der Waals surface area (Å²) in [4.78, 5) is 10.7. The normalized spacial score (nSPS) is 16.2. The van der Waals surface area contributed by atoms with Crippen LogP contribution < -0.4 is 20.3 Å². The van der Waals surface area contributed by atoms with E-state index in [4.69, 9.17) is 0 Å². The summed E-state index contributed by atoms with van der Waals surface area (Å²) in [6.07, 6.45) is 4.94. The molecule has 10 heteroatoms. The second-order valence-electron chi connectivity index (χ2n) is 6.44. The molecule has 0 saturated carbocycles. The third-order valence-corrected chi connectivity index (χ3v) is 6.91. The molecule has 0 amide bonds. The molecule has 28 heavy (non-hydrogen) atoms. The Kier molecular flexibility index (Phi) is 7.24. The first kappa shape index (κ1) is 20.6. The van der Waals surface area contributed by atoms with Gasteiger partial charge in [-0.25, -0.2) is 13.1 Å². The quantitative estimate of drug-likeness (QED) is 0.353. The molecule has 0 unspecified atom stereocenters. The summed E-state index contributed by atoms with van der Waals surface area (Å²) >= 11 is 1.77. The Labute approximate surface area is 170 Å². The molecular formula is C18H26N6O2S2. The monoisotopic (exact) mass is 422 g/mol. The molecule has 0 aliphatic carbocycles. The maximum Gasteiger partial charge on any atom is 0.242 e. The molecule has 3 N–H and O–H groups in total. The van der Waals surface area contributed by atoms with Gasteiger partial charge >= 0.3 is 0 Å². The van der Waals surface area contributed by atoms with Crippen molar-refractivity contribution in [2.45, 2.75) is 23.8 Å². The molecule has 1 saturated heterocycles. The van der Waals surface area contributed by atoms with Gasteiger partial charge in [0.15, 0.2) is 5.96 Å². The van der Waals surface area contributed by atoms with Crippen molar-refractivity contribution in [1.82, 2.24) is 20.3 Å². The fourth-order valence-electron chi connectivity index (χ4n) is 3.04. The number of guanidine groups is 1. The lowest BCUT2D eigenvalue weighted by Gasteiger charge is -2.33. The van der Waals surface area contributed by atoms with Crippen LogP contribution in [-0.4, -0.2) is 58.6 Å². The Balaban J connectivity index is 1.38. The molecule has 3 heterocycles. The summed E-state index contributed by atoms with van der Waals surface area (Å²) in [5, 5.41) is 10.0. The van der Waals surface area contributed by atoms with Gasteiger partial charge in [0.1, 0.15) is 4.90 Å². The number of pyridine rings is 1. The molecule has 152 valence electrons. The number of piperidine rings is 1. The highest BCUT2D eigenvalue weighted by Crippen LogP contribution is 2.24. The number of aliphatic imine (C=N–C) groups is 1. The maximum absolute atomic E-state index is 12.2. The zero-order chi connectivity index (χ0) is 19.8. The third kappa shape index (κ3) is 5.66. The van der Waals surface area contributed by atoms with Crippen molar-refractivity contribution in [3.8, 4) is 0 Å². The van der Waals surface area contributed by atoms with Crippen LogP contribution in [0.3, 0.4) is 0 Å². The lowest BCUT2D eigenvalue weighted by Crippen LogP contribution is -2.49. The van der Waals surface area contributed by atoms with Gasteiger partial charge < -0.3 is 15.5 Å². The number of sulfonamides is 1. The SMILES string of the molecule is CN=C(NCCNS(=O)(=O)c1cccnc1)NC1CCN(c2cccs2)CC1. The minimum atomic E-state index is -3.54. The number of anilines is 1. The van der Waals surface area contributed by atoms with Gasteiger partial charge in [0.25, 0.3) is 0 Å². The van der Waals surface area contributed by atoms with Gasteiger partial charge in [-0.3, -0.25) is 9.98 Å². The van der Waals surface area contributed by atoms with E-state index in [1.54, 1.807) is 30.6 Å². The van der Waals surface area contributed by atoms with Gasteiger partial charge in [0.05, 0.1) is 5.00 Å². The minimum Gasteiger partial charge on any atom is -0.363 e. The van der Waals surface area contributed by atoms with Crippen LogP contribution in [-0.2, 0) is 10.0 Å². The van der Waals surface area contributed by atoms with Crippen LogP contribution in [0.4, 0.5) is 5.00 Å². The van der Waals surface area contributed by atoms with E-state index < -0.39 is 10.0 Å². The lowest BCUT2D eigenvalue weighted by atomic mass is 10.1. The Morgan fingerprint density at radius 3 is 2.75 bits per heavy atom. The molecule has 2 aromatic heterocycles.